The van der Waals surface area contributed by atoms with E-state index < -0.39 is 17.7 Å². The quantitative estimate of drug-likeness (QED) is 0.719. The fourth-order valence-electron chi connectivity index (χ4n) is 4.51. The number of carbonyl (C=O) groups excluding carboxylic acids is 2. The summed E-state index contributed by atoms with van der Waals surface area (Å²) in [6.07, 6.45) is 1.98. The van der Waals surface area contributed by atoms with E-state index in [0.717, 1.165) is 23.3 Å². The van der Waals surface area contributed by atoms with Crippen molar-refractivity contribution in [3.8, 4) is 5.75 Å². The van der Waals surface area contributed by atoms with Gasteiger partial charge >= 0.3 is 6.03 Å². The molecule has 1 atom stereocenters. The second-order valence-electron chi connectivity index (χ2n) is 8.39. The van der Waals surface area contributed by atoms with Gasteiger partial charge in [-0.25, -0.2) is 4.79 Å². The number of aliphatic hydroxyl groups excluding tert-OH is 1. The second-order valence-corrected chi connectivity index (χ2v) is 8.39. The Bertz CT molecular complexity index is 906. The van der Waals surface area contributed by atoms with Crippen molar-refractivity contribution >= 4 is 11.9 Å². The largest absolute Gasteiger partial charge is 0.491 e. The number of nitrogens with one attached hydrogen (secondary N) is 1. The number of urea groups is 1. The normalized spacial score (nSPS) is 24.7. The Labute approximate surface area is 176 Å². The van der Waals surface area contributed by atoms with E-state index in [4.69, 9.17) is 4.74 Å². The zero-order valence-electron chi connectivity index (χ0n) is 17.2. The number of ether oxygens (including phenoxy) is 1. The maximum atomic E-state index is 13.1. The lowest BCUT2D eigenvalue weighted by molar-refractivity contribution is -0.133. The van der Waals surface area contributed by atoms with Gasteiger partial charge in [-0.15, -0.1) is 0 Å². The molecule has 4 rings (SSSR count). The highest BCUT2D eigenvalue weighted by Crippen LogP contribution is 2.40. The average Bonchev–Trinajstić information content (AvgIpc) is 2.97. The summed E-state index contributed by atoms with van der Waals surface area (Å²) in [4.78, 5) is 26.7. The number of carbonyl (C=O) groups is 2. The highest BCUT2D eigenvalue weighted by Gasteiger charge is 2.52. The Morgan fingerprint density at radius 3 is 2.57 bits per heavy atom. The zero-order valence-corrected chi connectivity index (χ0v) is 17.2. The van der Waals surface area contributed by atoms with Crippen LogP contribution in [0.15, 0.2) is 54.6 Å². The fourth-order valence-corrected chi connectivity index (χ4v) is 4.51. The van der Waals surface area contributed by atoms with Gasteiger partial charge in [0.2, 0.25) is 0 Å². The summed E-state index contributed by atoms with van der Waals surface area (Å²) in [7, 11) is 0. The molecule has 30 heavy (non-hydrogen) atoms. The smallest absolute Gasteiger partial charge is 0.325 e. The first-order chi connectivity index (χ1) is 14.5. The monoisotopic (exact) mass is 408 g/mol. The predicted octanol–water partition coefficient (Wildman–Crippen LogP) is 3.38. The van der Waals surface area contributed by atoms with E-state index in [9.17, 15) is 14.7 Å². The van der Waals surface area contributed by atoms with Crippen molar-refractivity contribution in [1.82, 2.24) is 10.2 Å². The van der Waals surface area contributed by atoms with Crippen molar-refractivity contribution in [2.24, 2.45) is 0 Å². The van der Waals surface area contributed by atoms with Crippen LogP contribution < -0.4 is 10.1 Å². The van der Waals surface area contributed by atoms with Gasteiger partial charge in [0.05, 0.1) is 6.54 Å². The molecule has 2 aromatic carbocycles. The van der Waals surface area contributed by atoms with Crippen molar-refractivity contribution < 1.29 is 19.4 Å². The number of amides is 3. The van der Waals surface area contributed by atoms with E-state index in [1.807, 2.05) is 49.4 Å². The Hall–Kier alpha value is -2.86. The lowest BCUT2D eigenvalue weighted by atomic mass is 9.74. The number of β-amino-alcohol motifs (C(OH)–C–C–N with tert-alkyl or cyclic N) is 1. The molecule has 1 aliphatic heterocycles. The number of imide groups is 1. The van der Waals surface area contributed by atoms with Crippen LogP contribution in [0.5, 0.6) is 5.75 Å². The molecule has 1 saturated heterocycles. The molecule has 2 aliphatic rings. The fraction of sp³-hybridized carbons (Fsp3) is 0.417. The molecule has 3 amide bonds. The van der Waals surface area contributed by atoms with Crippen molar-refractivity contribution in [3.63, 3.8) is 0 Å². The van der Waals surface area contributed by atoms with Gasteiger partial charge in [-0.1, -0.05) is 42.5 Å². The maximum Gasteiger partial charge on any atom is 0.325 e. The molecule has 0 aromatic heterocycles. The van der Waals surface area contributed by atoms with Crippen molar-refractivity contribution in [3.05, 3.63) is 65.7 Å². The molecule has 2 fully saturated rings. The number of hydrogen-bond donors (Lipinski definition) is 2. The molecular formula is C24H28N2O4. The third kappa shape index (κ3) is 4.19. The van der Waals surface area contributed by atoms with E-state index in [0.29, 0.717) is 24.5 Å². The van der Waals surface area contributed by atoms with E-state index >= 15 is 0 Å². The average molecular weight is 408 g/mol. The molecule has 2 N–H and O–H groups in total. The Morgan fingerprint density at radius 1 is 1.13 bits per heavy atom. The van der Waals surface area contributed by atoms with Crippen LogP contribution in [0.4, 0.5) is 4.79 Å². The van der Waals surface area contributed by atoms with Crippen LogP contribution in [0, 0.1) is 6.92 Å². The number of nitrogens with zero attached hydrogens (tertiary/aromatic N) is 1. The highest BCUT2D eigenvalue weighted by molar-refractivity contribution is 6.07. The molecular weight excluding hydrogens is 380 g/mol. The lowest BCUT2D eigenvalue weighted by Gasteiger charge is -2.35. The lowest BCUT2D eigenvalue weighted by Crippen LogP contribution is -2.49. The summed E-state index contributed by atoms with van der Waals surface area (Å²) in [5, 5.41) is 13.3. The van der Waals surface area contributed by atoms with Crippen LogP contribution in [0.1, 0.15) is 42.7 Å². The molecule has 6 nitrogen and oxygen atoms in total. The van der Waals surface area contributed by atoms with E-state index in [-0.39, 0.29) is 19.1 Å². The third-order valence-corrected chi connectivity index (χ3v) is 6.18. The Balaban J connectivity index is 1.33. The molecule has 0 bridgehead atoms. The minimum absolute atomic E-state index is 0.0175. The molecule has 2 aromatic rings. The Morgan fingerprint density at radius 2 is 1.87 bits per heavy atom. The molecule has 1 unspecified atom stereocenters. The third-order valence-electron chi connectivity index (χ3n) is 6.18. The molecule has 1 aliphatic carbocycles. The SMILES string of the molecule is Cc1cccc(OCC(O)CN2C(=O)NC3(CCC(c4ccccc4)CC3)C2=O)c1. The van der Waals surface area contributed by atoms with Crippen molar-refractivity contribution in [1.29, 1.82) is 0 Å². The van der Waals surface area contributed by atoms with Gasteiger partial charge in [-0.05, 0) is 61.8 Å². The van der Waals surface area contributed by atoms with Crippen LogP contribution in [-0.4, -0.2) is 46.7 Å². The summed E-state index contributed by atoms with van der Waals surface area (Å²) < 4.78 is 5.61. The first kappa shape index (κ1) is 20.4. The molecule has 1 heterocycles. The number of rotatable bonds is 6. The van der Waals surface area contributed by atoms with Gasteiger partial charge in [0, 0.05) is 0 Å². The number of benzene rings is 2. The molecule has 158 valence electrons. The van der Waals surface area contributed by atoms with Crippen molar-refractivity contribution in [2.75, 3.05) is 13.2 Å². The number of hydrogen-bond acceptors (Lipinski definition) is 4. The van der Waals surface area contributed by atoms with Crippen molar-refractivity contribution in [2.45, 2.75) is 50.2 Å². The number of aliphatic hydroxyl groups is 1. The Kier molecular flexibility index (Phi) is 5.77. The van der Waals surface area contributed by atoms with Gasteiger partial charge in [0.1, 0.15) is 24.0 Å². The van der Waals surface area contributed by atoms with Gasteiger partial charge < -0.3 is 15.2 Å². The highest BCUT2D eigenvalue weighted by atomic mass is 16.5. The molecule has 0 radical (unpaired) electrons. The molecule has 6 heteroatoms. The minimum Gasteiger partial charge on any atom is -0.491 e. The van der Waals surface area contributed by atoms with E-state index in [1.54, 1.807) is 0 Å². The van der Waals surface area contributed by atoms with Crippen LogP contribution >= 0.6 is 0 Å². The molecule has 1 saturated carbocycles. The van der Waals surface area contributed by atoms with E-state index in [2.05, 4.69) is 17.4 Å². The van der Waals surface area contributed by atoms with Crippen LogP contribution in [0.3, 0.4) is 0 Å². The van der Waals surface area contributed by atoms with Gasteiger partial charge in [0.15, 0.2) is 0 Å². The number of aryl methyl sites for hydroxylation is 1. The van der Waals surface area contributed by atoms with Gasteiger partial charge in [0.25, 0.3) is 5.91 Å². The summed E-state index contributed by atoms with van der Waals surface area (Å²) >= 11 is 0. The van der Waals surface area contributed by atoms with Crippen LogP contribution in [-0.2, 0) is 4.79 Å². The first-order valence-electron chi connectivity index (χ1n) is 10.5. The summed E-state index contributed by atoms with van der Waals surface area (Å²) in [5.74, 6) is 0.833. The van der Waals surface area contributed by atoms with Crippen LogP contribution in [0.2, 0.25) is 0 Å². The summed E-state index contributed by atoms with van der Waals surface area (Å²) in [6, 6.07) is 17.4. The summed E-state index contributed by atoms with van der Waals surface area (Å²) in [6.45, 7) is 1.91. The standard InChI is InChI=1S/C24H28N2O4/c1-17-6-5-9-21(14-17)30-16-20(27)15-26-22(28)24(25-23(26)29)12-10-19(11-13-24)18-7-3-2-4-8-18/h2-9,14,19-20,27H,10-13,15-16H2,1H3,(H,25,29). The van der Waals surface area contributed by atoms with Gasteiger partial charge in [-0.3, -0.25) is 9.69 Å². The second kappa shape index (κ2) is 8.48. The topological polar surface area (TPSA) is 78.9 Å². The predicted molar refractivity (Wildman–Crippen MR) is 113 cm³/mol. The maximum absolute atomic E-state index is 13.1. The van der Waals surface area contributed by atoms with E-state index in [1.165, 1.54) is 5.56 Å². The summed E-state index contributed by atoms with van der Waals surface area (Å²) in [5.41, 5.74) is 1.51. The first-order valence-corrected chi connectivity index (χ1v) is 10.5. The zero-order chi connectivity index (χ0) is 21.1. The minimum atomic E-state index is -0.948. The van der Waals surface area contributed by atoms with Crippen LogP contribution in [0.25, 0.3) is 0 Å². The molecule has 1 spiro atoms. The van der Waals surface area contributed by atoms with Gasteiger partial charge in [-0.2, -0.15) is 0 Å².